The van der Waals surface area contributed by atoms with E-state index >= 15 is 0 Å². The fraction of sp³-hybridized carbons (Fsp3) is 0.462. The number of nitrogens with one attached hydrogen (secondary N) is 1. The lowest BCUT2D eigenvalue weighted by Crippen LogP contribution is -2.40. The quantitative estimate of drug-likeness (QED) is 0.822. The van der Waals surface area contributed by atoms with Crippen LogP contribution in [0, 0.1) is 11.6 Å². The van der Waals surface area contributed by atoms with Gasteiger partial charge in [0.15, 0.2) is 11.6 Å². The predicted octanol–water partition coefficient (Wildman–Crippen LogP) is 2.62. The van der Waals surface area contributed by atoms with Gasteiger partial charge in [-0.15, -0.1) is 0 Å². The fourth-order valence-electron chi connectivity index (χ4n) is 2.22. The van der Waals surface area contributed by atoms with Gasteiger partial charge >= 0.3 is 0 Å². The first-order chi connectivity index (χ1) is 8.97. The molecule has 3 N–H and O–H groups in total. The van der Waals surface area contributed by atoms with E-state index in [4.69, 9.17) is 17.3 Å². The average Bonchev–Trinajstić information content (AvgIpc) is 2.36. The van der Waals surface area contributed by atoms with Crippen molar-refractivity contribution in [1.29, 1.82) is 0 Å². The van der Waals surface area contributed by atoms with Gasteiger partial charge in [-0.1, -0.05) is 11.6 Å². The number of benzene rings is 1. The maximum Gasteiger partial charge on any atom is 0.253 e. The van der Waals surface area contributed by atoms with E-state index in [1.807, 2.05) is 0 Å². The molecular weight excluding hydrogens is 274 g/mol. The first-order valence-corrected chi connectivity index (χ1v) is 6.56. The number of carbonyl (C=O) groups is 1. The van der Waals surface area contributed by atoms with Gasteiger partial charge in [0.2, 0.25) is 0 Å². The highest BCUT2D eigenvalue weighted by Crippen LogP contribution is 2.22. The molecule has 19 heavy (non-hydrogen) atoms. The maximum absolute atomic E-state index is 13.1. The van der Waals surface area contributed by atoms with Crippen LogP contribution in [0.1, 0.15) is 36.0 Å². The van der Waals surface area contributed by atoms with Crippen LogP contribution in [0.3, 0.4) is 0 Å². The first-order valence-electron chi connectivity index (χ1n) is 6.18. The predicted molar refractivity (Wildman–Crippen MR) is 69.1 cm³/mol. The van der Waals surface area contributed by atoms with E-state index in [0.29, 0.717) is 0 Å². The Kier molecular flexibility index (Phi) is 4.37. The smallest absolute Gasteiger partial charge is 0.253 e. The molecule has 0 heterocycles. The highest BCUT2D eigenvalue weighted by molar-refractivity contribution is 6.33. The molecule has 2 rings (SSSR count). The van der Waals surface area contributed by atoms with Gasteiger partial charge in [0, 0.05) is 12.1 Å². The Hall–Kier alpha value is -1.20. The Morgan fingerprint density at radius 1 is 1.21 bits per heavy atom. The minimum Gasteiger partial charge on any atom is -0.349 e. The Balaban J connectivity index is 2.06. The molecule has 0 aromatic heterocycles. The molecule has 0 bridgehead atoms. The molecular formula is C13H15ClF2N2O. The molecule has 1 amide bonds. The van der Waals surface area contributed by atoms with Crippen LogP contribution < -0.4 is 11.1 Å². The molecule has 104 valence electrons. The van der Waals surface area contributed by atoms with Crippen LogP contribution in [0.4, 0.5) is 8.78 Å². The highest BCUT2D eigenvalue weighted by atomic mass is 35.5. The molecule has 0 aliphatic heterocycles. The lowest BCUT2D eigenvalue weighted by molar-refractivity contribution is 0.0925. The Bertz CT molecular complexity index is 488. The average molecular weight is 289 g/mol. The molecule has 1 aliphatic rings. The second-order valence-electron chi connectivity index (χ2n) is 4.83. The third-order valence-electron chi connectivity index (χ3n) is 3.36. The molecule has 0 radical (unpaired) electrons. The van der Waals surface area contributed by atoms with E-state index in [9.17, 15) is 13.6 Å². The van der Waals surface area contributed by atoms with Crippen molar-refractivity contribution in [2.24, 2.45) is 5.73 Å². The van der Waals surface area contributed by atoms with Crippen molar-refractivity contribution in [1.82, 2.24) is 5.32 Å². The molecule has 1 fully saturated rings. The normalized spacial score (nSPS) is 23.2. The van der Waals surface area contributed by atoms with E-state index in [-0.39, 0.29) is 22.7 Å². The second kappa shape index (κ2) is 5.84. The summed E-state index contributed by atoms with van der Waals surface area (Å²) in [7, 11) is 0. The highest BCUT2D eigenvalue weighted by Gasteiger charge is 2.22. The van der Waals surface area contributed by atoms with E-state index < -0.39 is 17.5 Å². The van der Waals surface area contributed by atoms with E-state index in [0.717, 1.165) is 37.8 Å². The Morgan fingerprint density at radius 2 is 1.79 bits per heavy atom. The van der Waals surface area contributed by atoms with Gasteiger partial charge in [-0.25, -0.2) is 8.78 Å². The van der Waals surface area contributed by atoms with Gasteiger partial charge in [-0.05, 0) is 37.8 Å². The molecule has 0 unspecified atom stereocenters. The topological polar surface area (TPSA) is 55.1 Å². The summed E-state index contributed by atoms with van der Waals surface area (Å²) in [6, 6.07) is 1.82. The summed E-state index contributed by atoms with van der Waals surface area (Å²) in [4.78, 5) is 12.0. The number of amides is 1. The fourth-order valence-corrected chi connectivity index (χ4v) is 2.46. The van der Waals surface area contributed by atoms with E-state index in [1.54, 1.807) is 0 Å². The third kappa shape index (κ3) is 3.42. The zero-order chi connectivity index (χ0) is 14.0. The zero-order valence-electron chi connectivity index (χ0n) is 10.3. The molecule has 1 aromatic carbocycles. The Labute approximate surface area is 115 Å². The molecule has 6 heteroatoms. The minimum absolute atomic E-state index is 0.0106. The van der Waals surface area contributed by atoms with Gasteiger partial charge in [-0.2, -0.15) is 0 Å². The minimum atomic E-state index is -1.08. The lowest BCUT2D eigenvalue weighted by atomic mass is 9.91. The van der Waals surface area contributed by atoms with Gasteiger partial charge < -0.3 is 11.1 Å². The summed E-state index contributed by atoms with van der Waals surface area (Å²) < 4.78 is 26.0. The van der Waals surface area contributed by atoms with Crippen molar-refractivity contribution in [3.05, 3.63) is 34.4 Å². The zero-order valence-corrected chi connectivity index (χ0v) is 11.0. The standard InChI is InChI=1S/C13H15ClF2N2O/c14-10-6-12(16)11(15)5-9(10)13(19)18-8-3-1-7(17)2-4-8/h5-8H,1-4,17H2,(H,18,19). The van der Waals surface area contributed by atoms with Crippen molar-refractivity contribution >= 4 is 17.5 Å². The van der Waals surface area contributed by atoms with E-state index in [1.165, 1.54) is 0 Å². The molecule has 1 aromatic rings. The van der Waals surface area contributed by atoms with Crippen LogP contribution in [0.15, 0.2) is 12.1 Å². The van der Waals surface area contributed by atoms with Crippen molar-refractivity contribution < 1.29 is 13.6 Å². The van der Waals surface area contributed by atoms with Crippen LogP contribution >= 0.6 is 11.6 Å². The number of halogens is 3. The van der Waals surface area contributed by atoms with Crippen LogP contribution in [0.5, 0.6) is 0 Å². The number of hydrogen-bond acceptors (Lipinski definition) is 2. The maximum atomic E-state index is 13.1. The van der Waals surface area contributed by atoms with Crippen LogP contribution in [0.25, 0.3) is 0 Å². The van der Waals surface area contributed by atoms with Gasteiger partial charge in [0.1, 0.15) is 0 Å². The summed E-state index contributed by atoms with van der Waals surface area (Å²) in [5.41, 5.74) is 5.73. The van der Waals surface area contributed by atoms with E-state index in [2.05, 4.69) is 5.32 Å². The van der Waals surface area contributed by atoms with Crippen molar-refractivity contribution in [3.8, 4) is 0 Å². The van der Waals surface area contributed by atoms with Crippen molar-refractivity contribution in [3.63, 3.8) is 0 Å². The molecule has 0 spiro atoms. The SMILES string of the molecule is NC1CCC(NC(=O)c2cc(F)c(F)cc2Cl)CC1. The van der Waals surface area contributed by atoms with Gasteiger partial charge in [-0.3, -0.25) is 4.79 Å². The summed E-state index contributed by atoms with van der Waals surface area (Å²) in [5, 5.41) is 2.68. The summed E-state index contributed by atoms with van der Waals surface area (Å²) >= 11 is 5.75. The van der Waals surface area contributed by atoms with Gasteiger partial charge in [0.05, 0.1) is 10.6 Å². The third-order valence-corrected chi connectivity index (χ3v) is 3.67. The summed E-state index contributed by atoms with van der Waals surface area (Å²) in [6.07, 6.45) is 3.26. The number of hydrogen-bond donors (Lipinski definition) is 2. The largest absolute Gasteiger partial charge is 0.349 e. The van der Waals surface area contributed by atoms with Crippen LogP contribution in [-0.2, 0) is 0 Å². The summed E-state index contributed by atoms with van der Waals surface area (Å²) in [5.74, 6) is -2.63. The van der Waals surface area contributed by atoms with Crippen LogP contribution in [-0.4, -0.2) is 18.0 Å². The molecule has 1 aliphatic carbocycles. The van der Waals surface area contributed by atoms with Crippen LogP contribution in [0.2, 0.25) is 5.02 Å². The van der Waals surface area contributed by atoms with Crippen molar-refractivity contribution in [2.45, 2.75) is 37.8 Å². The Morgan fingerprint density at radius 3 is 2.42 bits per heavy atom. The van der Waals surface area contributed by atoms with Crippen molar-refractivity contribution in [2.75, 3.05) is 0 Å². The molecule has 0 atom stereocenters. The monoisotopic (exact) mass is 288 g/mol. The van der Waals surface area contributed by atoms with Gasteiger partial charge in [0.25, 0.3) is 5.91 Å². The second-order valence-corrected chi connectivity index (χ2v) is 5.24. The molecule has 3 nitrogen and oxygen atoms in total. The molecule has 0 saturated heterocycles. The number of nitrogens with two attached hydrogens (primary N) is 1. The summed E-state index contributed by atoms with van der Waals surface area (Å²) in [6.45, 7) is 0. The molecule has 1 saturated carbocycles. The first kappa shape index (κ1) is 14.2. The number of carbonyl (C=O) groups excluding carboxylic acids is 1. The number of rotatable bonds is 2. The lowest BCUT2D eigenvalue weighted by Gasteiger charge is -2.26.